The number of hydrogen-bond acceptors (Lipinski definition) is 7. The number of hydrogen-bond donors (Lipinski definition) is 2. The van der Waals surface area contributed by atoms with Crippen molar-refractivity contribution in [2.45, 2.75) is 12.6 Å². The lowest BCUT2D eigenvalue weighted by Gasteiger charge is -2.36. The Morgan fingerprint density at radius 3 is 2.68 bits per heavy atom. The average molecular weight is 386 g/mol. The Morgan fingerprint density at radius 2 is 2.07 bits per heavy atom. The van der Waals surface area contributed by atoms with Gasteiger partial charge in [0.15, 0.2) is 18.1 Å². The van der Waals surface area contributed by atoms with Crippen LogP contribution in [-0.4, -0.2) is 56.3 Å². The molecule has 0 bridgehead atoms. The Kier molecular flexibility index (Phi) is 6.67. The summed E-state index contributed by atoms with van der Waals surface area (Å²) in [6.07, 6.45) is 3.69. The molecule has 0 aliphatic carbocycles. The molecule has 2 aromatic rings. The second-order valence-electron chi connectivity index (χ2n) is 6.56. The summed E-state index contributed by atoms with van der Waals surface area (Å²) in [5.41, 5.74) is 7.38. The number of pyridine rings is 1. The Labute approximate surface area is 164 Å². The maximum Gasteiger partial charge on any atom is 0.255 e. The number of rotatable bonds is 8. The minimum absolute atomic E-state index is 0.227. The van der Waals surface area contributed by atoms with Gasteiger partial charge in [-0.3, -0.25) is 14.7 Å². The normalized spacial score (nSPS) is 17.1. The largest absolute Gasteiger partial charge is 0.493 e. The van der Waals surface area contributed by atoms with E-state index in [0.29, 0.717) is 23.8 Å². The summed E-state index contributed by atoms with van der Waals surface area (Å²) in [5.74, 6) is 0.817. The van der Waals surface area contributed by atoms with Crippen LogP contribution in [0.25, 0.3) is 0 Å². The van der Waals surface area contributed by atoms with Crippen LogP contribution in [0.3, 0.4) is 0 Å². The molecule has 2 heterocycles. The van der Waals surface area contributed by atoms with Crippen LogP contribution in [0.5, 0.6) is 17.2 Å². The van der Waals surface area contributed by atoms with Crippen LogP contribution < -0.4 is 25.3 Å². The van der Waals surface area contributed by atoms with Gasteiger partial charge in [0.25, 0.3) is 5.91 Å². The molecule has 8 heteroatoms. The number of primary amides is 1. The van der Waals surface area contributed by atoms with Gasteiger partial charge in [-0.1, -0.05) is 6.07 Å². The van der Waals surface area contributed by atoms with Gasteiger partial charge in [0.05, 0.1) is 14.2 Å². The van der Waals surface area contributed by atoms with Crippen LogP contribution in [0.2, 0.25) is 0 Å². The molecule has 3 N–H and O–H groups in total. The van der Waals surface area contributed by atoms with E-state index in [-0.39, 0.29) is 12.6 Å². The Bertz CT molecular complexity index is 775. The fourth-order valence-electron chi connectivity index (χ4n) is 3.38. The van der Waals surface area contributed by atoms with Gasteiger partial charge in [0.2, 0.25) is 5.75 Å². The predicted octanol–water partition coefficient (Wildman–Crippen LogP) is 1.11. The molecule has 0 radical (unpaired) electrons. The second-order valence-corrected chi connectivity index (χ2v) is 6.56. The fourth-order valence-corrected chi connectivity index (χ4v) is 3.38. The molecule has 1 unspecified atom stereocenters. The Balaban J connectivity index is 1.85. The van der Waals surface area contributed by atoms with Gasteiger partial charge in [-0.25, -0.2) is 0 Å². The van der Waals surface area contributed by atoms with Crippen molar-refractivity contribution in [1.82, 2.24) is 15.2 Å². The van der Waals surface area contributed by atoms with E-state index in [1.54, 1.807) is 20.4 Å². The van der Waals surface area contributed by atoms with Crippen LogP contribution in [0, 0.1) is 0 Å². The minimum Gasteiger partial charge on any atom is -0.493 e. The average Bonchev–Trinajstić information content (AvgIpc) is 2.73. The first-order valence-corrected chi connectivity index (χ1v) is 9.13. The lowest BCUT2D eigenvalue weighted by molar-refractivity contribution is -0.119. The molecule has 0 spiro atoms. The Morgan fingerprint density at radius 1 is 1.32 bits per heavy atom. The van der Waals surface area contributed by atoms with Crippen molar-refractivity contribution >= 4 is 5.91 Å². The van der Waals surface area contributed by atoms with Gasteiger partial charge in [0, 0.05) is 44.6 Å². The second kappa shape index (κ2) is 9.38. The molecule has 1 aromatic carbocycles. The topological polar surface area (TPSA) is 98.9 Å². The van der Waals surface area contributed by atoms with Crippen LogP contribution in [0.4, 0.5) is 0 Å². The van der Waals surface area contributed by atoms with E-state index in [9.17, 15) is 4.79 Å². The number of nitrogens with one attached hydrogen (secondary N) is 1. The van der Waals surface area contributed by atoms with Gasteiger partial charge >= 0.3 is 0 Å². The summed E-state index contributed by atoms with van der Waals surface area (Å²) < 4.78 is 16.4. The number of benzene rings is 1. The van der Waals surface area contributed by atoms with Gasteiger partial charge in [-0.15, -0.1) is 0 Å². The fraction of sp³-hybridized carbons (Fsp3) is 0.400. The highest BCUT2D eigenvalue weighted by atomic mass is 16.5. The van der Waals surface area contributed by atoms with Crippen LogP contribution >= 0.6 is 0 Å². The lowest BCUT2D eigenvalue weighted by Crippen LogP contribution is -2.45. The molecular weight excluding hydrogens is 360 g/mol. The predicted molar refractivity (Wildman–Crippen MR) is 104 cm³/mol. The number of aromatic nitrogens is 1. The highest BCUT2D eigenvalue weighted by Gasteiger charge is 2.25. The van der Waals surface area contributed by atoms with Crippen molar-refractivity contribution in [3.8, 4) is 17.2 Å². The molecule has 0 saturated carbocycles. The van der Waals surface area contributed by atoms with E-state index in [1.807, 2.05) is 24.4 Å². The van der Waals surface area contributed by atoms with Crippen LogP contribution in [0.15, 0.2) is 36.7 Å². The van der Waals surface area contributed by atoms with Crippen molar-refractivity contribution in [3.63, 3.8) is 0 Å². The molecule has 1 aromatic heterocycles. The SMILES string of the molecule is COc1cc(CN2CCNCC2c2cccnc2)cc(OC)c1OCC(N)=O. The van der Waals surface area contributed by atoms with E-state index in [1.165, 1.54) is 5.56 Å². The highest BCUT2D eigenvalue weighted by molar-refractivity contribution is 5.75. The summed E-state index contributed by atoms with van der Waals surface area (Å²) in [7, 11) is 3.11. The van der Waals surface area contributed by atoms with E-state index in [0.717, 1.165) is 25.2 Å². The highest BCUT2D eigenvalue weighted by Crippen LogP contribution is 2.39. The molecule has 3 rings (SSSR count). The van der Waals surface area contributed by atoms with Crippen molar-refractivity contribution in [2.24, 2.45) is 5.73 Å². The van der Waals surface area contributed by atoms with Gasteiger partial charge in [-0.2, -0.15) is 0 Å². The monoisotopic (exact) mass is 386 g/mol. The summed E-state index contributed by atoms with van der Waals surface area (Å²) in [6.45, 7) is 3.16. The molecule has 150 valence electrons. The smallest absolute Gasteiger partial charge is 0.255 e. The number of methoxy groups -OCH3 is 2. The van der Waals surface area contributed by atoms with Gasteiger partial charge < -0.3 is 25.3 Å². The van der Waals surface area contributed by atoms with Gasteiger partial charge in [0.1, 0.15) is 0 Å². The van der Waals surface area contributed by atoms with Crippen molar-refractivity contribution < 1.29 is 19.0 Å². The molecule has 28 heavy (non-hydrogen) atoms. The zero-order valence-corrected chi connectivity index (χ0v) is 16.2. The molecule has 1 saturated heterocycles. The molecule has 8 nitrogen and oxygen atoms in total. The van der Waals surface area contributed by atoms with Crippen molar-refractivity contribution in [2.75, 3.05) is 40.5 Å². The molecule has 1 aliphatic rings. The minimum atomic E-state index is -0.562. The van der Waals surface area contributed by atoms with Gasteiger partial charge in [-0.05, 0) is 29.3 Å². The number of carbonyl (C=O) groups is 1. The van der Waals surface area contributed by atoms with E-state index in [4.69, 9.17) is 19.9 Å². The molecule has 1 amide bonds. The third-order valence-corrected chi connectivity index (χ3v) is 4.69. The van der Waals surface area contributed by atoms with E-state index in [2.05, 4.69) is 21.3 Å². The van der Waals surface area contributed by atoms with Crippen LogP contribution in [-0.2, 0) is 11.3 Å². The number of amides is 1. The van der Waals surface area contributed by atoms with Crippen molar-refractivity contribution in [3.05, 3.63) is 47.8 Å². The summed E-state index contributed by atoms with van der Waals surface area (Å²) in [6, 6.07) is 8.09. The lowest BCUT2D eigenvalue weighted by atomic mass is 10.0. The zero-order chi connectivity index (χ0) is 19.9. The molecule has 1 aliphatic heterocycles. The number of ether oxygens (including phenoxy) is 3. The Hall–Kier alpha value is -2.84. The van der Waals surface area contributed by atoms with Crippen LogP contribution in [0.1, 0.15) is 17.2 Å². The maximum atomic E-state index is 11.1. The third-order valence-electron chi connectivity index (χ3n) is 4.69. The molecule has 1 fully saturated rings. The number of nitrogens with zero attached hydrogens (tertiary/aromatic N) is 2. The summed E-state index contributed by atoms with van der Waals surface area (Å²) >= 11 is 0. The number of nitrogens with two attached hydrogens (primary N) is 1. The number of carbonyl (C=O) groups excluding carboxylic acids is 1. The molecule has 1 atom stereocenters. The zero-order valence-electron chi connectivity index (χ0n) is 16.2. The standard InChI is InChI=1S/C20H26N4O4/c1-26-17-8-14(9-18(27-2)20(17)28-13-19(21)25)12-24-7-6-23-11-16(24)15-4-3-5-22-10-15/h3-5,8-10,16,23H,6-7,11-13H2,1-2H3,(H2,21,25). The third kappa shape index (κ3) is 4.71. The first kappa shape index (κ1) is 19.9. The summed E-state index contributed by atoms with van der Waals surface area (Å²) in [5, 5.41) is 3.45. The number of piperazine rings is 1. The molecular formula is C20H26N4O4. The first-order chi connectivity index (χ1) is 13.6. The maximum absolute atomic E-state index is 11.1. The first-order valence-electron chi connectivity index (χ1n) is 9.13. The van der Waals surface area contributed by atoms with Crippen molar-refractivity contribution in [1.29, 1.82) is 0 Å². The quantitative estimate of drug-likeness (QED) is 0.701. The summed E-state index contributed by atoms with van der Waals surface area (Å²) in [4.78, 5) is 17.7. The van der Waals surface area contributed by atoms with E-state index < -0.39 is 5.91 Å². The van der Waals surface area contributed by atoms with E-state index >= 15 is 0 Å².